The zero-order valence-corrected chi connectivity index (χ0v) is 11.4. The van der Waals surface area contributed by atoms with Crippen molar-refractivity contribution in [1.29, 1.82) is 0 Å². The van der Waals surface area contributed by atoms with Crippen LogP contribution in [0.5, 0.6) is 0 Å². The Morgan fingerprint density at radius 1 is 1.11 bits per heavy atom. The van der Waals surface area contributed by atoms with E-state index in [1.54, 1.807) is 0 Å². The first-order valence-corrected chi connectivity index (χ1v) is 6.86. The van der Waals surface area contributed by atoms with Gasteiger partial charge in [-0.3, -0.25) is 4.90 Å². The Hall–Kier alpha value is -1.80. The molecule has 1 heterocycles. The van der Waals surface area contributed by atoms with E-state index >= 15 is 0 Å². The number of anilines is 1. The molecule has 0 aromatic heterocycles. The predicted molar refractivity (Wildman–Crippen MR) is 79.9 cm³/mol. The SMILES string of the molecule is Cc1cccc(CCN2Cc3cccc(N)c3C2)c1. The molecule has 0 amide bonds. The number of nitrogens with zero attached hydrogens (tertiary/aromatic N) is 1. The number of aryl methyl sites for hydroxylation is 1. The lowest BCUT2D eigenvalue weighted by Gasteiger charge is -2.14. The first-order valence-electron chi connectivity index (χ1n) is 6.86. The highest BCUT2D eigenvalue weighted by molar-refractivity contribution is 5.52. The zero-order valence-electron chi connectivity index (χ0n) is 11.4. The molecule has 2 aromatic rings. The van der Waals surface area contributed by atoms with E-state index < -0.39 is 0 Å². The Kier molecular flexibility index (Phi) is 3.26. The molecule has 0 atom stereocenters. The second-order valence-electron chi connectivity index (χ2n) is 5.43. The van der Waals surface area contributed by atoms with Crippen molar-refractivity contribution in [2.24, 2.45) is 0 Å². The highest BCUT2D eigenvalue weighted by atomic mass is 15.1. The van der Waals surface area contributed by atoms with Crippen molar-refractivity contribution in [1.82, 2.24) is 4.90 Å². The average Bonchev–Trinajstić information content (AvgIpc) is 2.81. The van der Waals surface area contributed by atoms with Crippen LogP contribution in [0.4, 0.5) is 5.69 Å². The van der Waals surface area contributed by atoms with Gasteiger partial charge in [0.25, 0.3) is 0 Å². The van der Waals surface area contributed by atoms with E-state index in [0.717, 1.165) is 31.7 Å². The monoisotopic (exact) mass is 252 g/mol. The molecule has 0 aliphatic carbocycles. The molecule has 2 heteroatoms. The fraction of sp³-hybridized carbons (Fsp3) is 0.294. The van der Waals surface area contributed by atoms with Gasteiger partial charge in [0.05, 0.1) is 0 Å². The second kappa shape index (κ2) is 5.06. The van der Waals surface area contributed by atoms with Crippen molar-refractivity contribution in [3.63, 3.8) is 0 Å². The van der Waals surface area contributed by atoms with Gasteiger partial charge >= 0.3 is 0 Å². The number of benzene rings is 2. The molecule has 0 unspecified atom stereocenters. The van der Waals surface area contributed by atoms with Gasteiger partial charge < -0.3 is 5.73 Å². The Bertz CT molecular complexity index is 590. The van der Waals surface area contributed by atoms with Gasteiger partial charge in [0.15, 0.2) is 0 Å². The largest absolute Gasteiger partial charge is 0.398 e. The number of nitrogen functional groups attached to an aromatic ring is 1. The lowest BCUT2D eigenvalue weighted by Crippen LogP contribution is -2.19. The van der Waals surface area contributed by atoms with Crippen LogP contribution in [0.25, 0.3) is 0 Å². The van der Waals surface area contributed by atoms with Crippen molar-refractivity contribution < 1.29 is 0 Å². The zero-order chi connectivity index (χ0) is 13.2. The van der Waals surface area contributed by atoms with Gasteiger partial charge in [-0.25, -0.2) is 0 Å². The Balaban J connectivity index is 1.63. The molecule has 2 N–H and O–H groups in total. The predicted octanol–water partition coefficient (Wildman–Crippen LogP) is 3.14. The summed E-state index contributed by atoms with van der Waals surface area (Å²) in [6.45, 7) is 5.27. The van der Waals surface area contributed by atoms with E-state index in [1.807, 2.05) is 6.07 Å². The lowest BCUT2D eigenvalue weighted by molar-refractivity contribution is 0.288. The molecule has 0 saturated heterocycles. The van der Waals surface area contributed by atoms with E-state index in [4.69, 9.17) is 5.73 Å². The normalized spacial score (nSPS) is 14.6. The summed E-state index contributed by atoms with van der Waals surface area (Å²) in [6, 6.07) is 15.0. The number of fused-ring (bicyclic) bond motifs is 1. The quantitative estimate of drug-likeness (QED) is 0.850. The molecule has 19 heavy (non-hydrogen) atoms. The molecule has 0 spiro atoms. The van der Waals surface area contributed by atoms with E-state index in [0.29, 0.717) is 0 Å². The van der Waals surface area contributed by atoms with Crippen molar-refractivity contribution in [3.8, 4) is 0 Å². The molecule has 0 bridgehead atoms. The lowest BCUT2D eigenvalue weighted by atomic mass is 10.1. The van der Waals surface area contributed by atoms with Crippen LogP contribution in [0.1, 0.15) is 22.3 Å². The van der Waals surface area contributed by atoms with Gasteiger partial charge in [0, 0.05) is 25.3 Å². The minimum atomic E-state index is 0.940. The van der Waals surface area contributed by atoms with Crippen LogP contribution in [-0.4, -0.2) is 11.4 Å². The molecule has 98 valence electrons. The maximum absolute atomic E-state index is 6.03. The first-order chi connectivity index (χ1) is 9.22. The summed E-state index contributed by atoms with van der Waals surface area (Å²) in [5.74, 6) is 0. The third-order valence-electron chi connectivity index (χ3n) is 3.88. The van der Waals surface area contributed by atoms with Crippen molar-refractivity contribution in [2.45, 2.75) is 26.4 Å². The topological polar surface area (TPSA) is 29.3 Å². The molecular weight excluding hydrogens is 232 g/mol. The minimum Gasteiger partial charge on any atom is -0.398 e. The molecule has 2 aromatic carbocycles. The average molecular weight is 252 g/mol. The summed E-state index contributed by atoms with van der Waals surface area (Å²) in [6.07, 6.45) is 1.11. The fourth-order valence-corrected chi connectivity index (χ4v) is 2.83. The molecule has 0 radical (unpaired) electrons. The van der Waals surface area contributed by atoms with Gasteiger partial charge in [-0.05, 0) is 36.1 Å². The standard InChI is InChI=1S/C17H20N2/c1-13-4-2-5-14(10-13)8-9-19-11-15-6-3-7-17(18)16(15)12-19/h2-7,10H,8-9,11-12,18H2,1H3. The van der Waals surface area contributed by atoms with Crippen LogP contribution in [-0.2, 0) is 19.5 Å². The molecule has 1 aliphatic rings. The molecule has 0 fully saturated rings. The number of hydrogen-bond donors (Lipinski definition) is 1. The summed E-state index contributed by atoms with van der Waals surface area (Å²) in [4.78, 5) is 2.48. The summed E-state index contributed by atoms with van der Waals surface area (Å²) >= 11 is 0. The van der Waals surface area contributed by atoms with Gasteiger partial charge in [0.2, 0.25) is 0 Å². The molecule has 2 nitrogen and oxygen atoms in total. The number of nitrogens with two attached hydrogens (primary N) is 1. The van der Waals surface area contributed by atoms with Gasteiger partial charge in [0.1, 0.15) is 0 Å². The van der Waals surface area contributed by atoms with Gasteiger partial charge in [-0.2, -0.15) is 0 Å². The van der Waals surface area contributed by atoms with Crippen LogP contribution >= 0.6 is 0 Å². The Morgan fingerprint density at radius 2 is 1.95 bits per heavy atom. The summed E-state index contributed by atoms with van der Waals surface area (Å²) in [5, 5.41) is 0. The third kappa shape index (κ3) is 2.64. The molecular formula is C17H20N2. The highest BCUT2D eigenvalue weighted by Gasteiger charge is 2.19. The van der Waals surface area contributed by atoms with Crippen LogP contribution in [0.15, 0.2) is 42.5 Å². The Morgan fingerprint density at radius 3 is 2.74 bits per heavy atom. The smallest absolute Gasteiger partial charge is 0.0363 e. The maximum atomic E-state index is 6.03. The van der Waals surface area contributed by atoms with Crippen molar-refractivity contribution >= 4 is 5.69 Å². The molecule has 3 rings (SSSR count). The number of rotatable bonds is 3. The maximum Gasteiger partial charge on any atom is 0.0363 e. The van der Waals surface area contributed by atoms with Crippen molar-refractivity contribution in [3.05, 3.63) is 64.7 Å². The fourth-order valence-electron chi connectivity index (χ4n) is 2.83. The van der Waals surface area contributed by atoms with Crippen LogP contribution < -0.4 is 5.73 Å². The highest BCUT2D eigenvalue weighted by Crippen LogP contribution is 2.27. The first kappa shape index (κ1) is 12.2. The van der Waals surface area contributed by atoms with E-state index in [2.05, 4.69) is 48.2 Å². The van der Waals surface area contributed by atoms with E-state index in [9.17, 15) is 0 Å². The summed E-state index contributed by atoms with van der Waals surface area (Å²) in [7, 11) is 0. The summed E-state index contributed by atoms with van der Waals surface area (Å²) in [5.41, 5.74) is 12.5. The van der Waals surface area contributed by atoms with Crippen LogP contribution in [0.3, 0.4) is 0 Å². The summed E-state index contributed by atoms with van der Waals surface area (Å²) < 4.78 is 0. The minimum absolute atomic E-state index is 0.940. The molecule has 0 saturated carbocycles. The van der Waals surface area contributed by atoms with Crippen molar-refractivity contribution in [2.75, 3.05) is 12.3 Å². The van der Waals surface area contributed by atoms with Gasteiger partial charge in [-0.15, -0.1) is 0 Å². The number of hydrogen-bond acceptors (Lipinski definition) is 2. The molecule has 1 aliphatic heterocycles. The van der Waals surface area contributed by atoms with E-state index in [1.165, 1.54) is 22.3 Å². The van der Waals surface area contributed by atoms with E-state index in [-0.39, 0.29) is 0 Å². The van der Waals surface area contributed by atoms with Crippen LogP contribution in [0.2, 0.25) is 0 Å². The Labute approximate surface area is 114 Å². The second-order valence-corrected chi connectivity index (χ2v) is 5.43. The third-order valence-corrected chi connectivity index (χ3v) is 3.88. The van der Waals surface area contributed by atoms with Gasteiger partial charge in [-0.1, -0.05) is 42.0 Å². The van der Waals surface area contributed by atoms with Crippen LogP contribution in [0, 0.1) is 6.92 Å².